The molecule has 0 bridgehead atoms. The number of aromatic nitrogens is 2. The average molecular weight is 171 g/mol. The van der Waals surface area contributed by atoms with E-state index in [4.69, 9.17) is 4.42 Å². The maximum atomic E-state index is 10.9. The molecule has 0 saturated carbocycles. The second kappa shape index (κ2) is 3.70. The summed E-state index contributed by atoms with van der Waals surface area (Å²) in [5, 5.41) is 9.56. The largest absolute Gasteiger partial charge is 0.459 e. The molecule has 0 aliphatic heterocycles. The molecule has 1 rings (SSSR count). The fourth-order valence-corrected chi connectivity index (χ4v) is 0.600. The molecule has 6 heteroatoms. The Balaban J connectivity index is 2.68. The Bertz CT molecular complexity index is 271. The minimum absolute atomic E-state index is 0.138. The van der Waals surface area contributed by atoms with Crippen molar-refractivity contribution in [1.29, 1.82) is 0 Å². The predicted octanol–water partition coefficient (Wildman–Crippen LogP) is 0.288. The molecule has 1 heterocycles. The van der Waals surface area contributed by atoms with E-state index in [0.29, 0.717) is 0 Å². The minimum Gasteiger partial charge on any atom is -0.459 e. The Hall–Kier alpha value is -1.59. The van der Waals surface area contributed by atoms with E-state index in [2.05, 4.69) is 20.3 Å². The molecule has 0 aliphatic rings. The maximum Gasteiger partial charge on any atom is 0.396 e. The lowest BCUT2D eigenvalue weighted by Crippen LogP contribution is -2.04. The van der Waals surface area contributed by atoms with Crippen LogP contribution in [0.15, 0.2) is 4.42 Å². The summed E-state index contributed by atoms with van der Waals surface area (Å²) in [6, 6.07) is 0.193. The van der Waals surface area contributed by atoms with Gasteiger partial charge in [0.15, 0.2) is 0 Å². The van der Waals surface area contributed by atoms with Crippen molar-refractivity contribution in [2.24, 2.45) is 0 Å². The number of ether oxygens (including phenoxy) is 1. The Labute approximate surface area is 68.9 Å². The number of nitrogens with one attached hydrogen (secondary N) is 1. The lowest BCUT2D eigenvalue weighted by atomic mass is 10.7. The normalized spacial score (nSPS) is 9.50. The standard InChI is InChI=1S/C6H9N3O3/c1-3-11-5(10)4-8-9-6(7-2)12-4/h3H2,1-2H3,(H,7,9). The lowest BCUT2D eigenvalue weighted by molar-refractivity contribution is 0.0481. The number of anilines is 1. The van der Waals surface area contributed by atoms with Gasteiger partial charge in [0.2, 0.25) is 0 Å². The van der Waals surface area contributed by atoms with Crippen LogP contribution in [0, 0.1) is 0 Å². The Morgan fingerprint density at radius 1 is 1.67 bits per heavy atom. The van der Waals surface area contributed by atoms with Crippen molar-refractivity contribution >= 4 is 12.0 Å². The van der Waals surface area contributed by atoms with Crippen LogP contribution in [-0.4, -0.2) is 29.8 Å². The molecule has 0 fully saturated rings. The van der Waals surface area contributed by atoms with Gasteiger partial charge in [0.1, 0.15) is 0 Å². The molecular formula is C6H9N3O3. The quantitative estimate of drug-likeness (QED) is 0.658. The molecule has 1 N–H and O–H groups in total. The highest BCUT2D eigenvalue weighted by Crippen LogP contribution is 2.04. The van der Waals surface area contributed by atoms with Crippen LogP contribution in [0.1, 0.15) is 17.6 Å². The van der Waals surface area contributed by atoms with Crippen LogP contribution in [0.2, 0.25) is 0 Å². The summed E-state index contributed by atoms with van der Waals surface area (Å²) in [4.78, 5) is 10.9. The fraction of sp³-hybridized carbons (Fsp3) is 0.500. The molecular weight excluding hydrogens is 162 g/mol. The van der Waals surface area contributed by atoms with Gasteiger partial charge in [-0.25, -0.2) is 4.79 Å². The molecule has 1 aromatic heterocycles. The highest BCUT2D eigenvalue weighted by Gasteiger charge is 2.14. The van der Waals surface area contributed by atoms with Crippen molar-refractivity contribution < 1.29 is 13.9 Å². The number of hydrogen-bond donors (Lipinski definition) is 1. The van der Waals surface area contributed by atoms with Crippen LogP contribution in [0.25, 0.3) is 0 Å². The Kier molecular flexibility index (Phi) is 2.62. The van der Waals surface area contributed by atoms with E-state index in [1.165, 1.54) is 0 Å². The van der Waals surface area contributed by atoms with Crippen LogP contribution in [0.3, 0.4) is 0 Å². The number of hydrogen-bond acceptors (Lipinski definition) is 6. The van der Waals surface area contributed by atoms with Crippen molar-refractivity contribution in [3.05, 3.63) is 5.89 Å². The third kappa shape index (κ3) is 1.71. The van der Waals surface area contributed by atoms with Gasteiger partial charge in [-0.1, -0.05) is 10.2 Å². The molecule has 12 heavy (non-hydrogen) atoms. The van der Waals surface area contributed by atoms with Gasteiger partial charge in [0.05, 0.1) is 6.61 Å². The molecule has 0 atom stereocenters. The second-order valence-corrected chi connectivity index (χ2v) is 1.88. The molecule has 0 aromatic carbocycles. The molecule has 6 nitrogen and oxygen atoms in total. The third-order valence-corrected chi connectivity index (χ3v) is 1.09. The van der Waals surface area contributed by atoms with E-state index in [1.807, 2.05) is 0 Å². The summed E-state index contributed by atoms with van der Waals surface area (Å²) in [5.74, 6) is -0.743. The van der Waals surface area contributed by atoms with E-state index in [0.717, 1.165) is 0 Å². The maximum absolute atomic E-state index is 10.9. The molecule has 0 aliphatic carbocycles. The number of nitrogens with zero attached hydrogens (tertiary/aromatic N) is 2. The number of carbonyl (C=O) groups is 1. The van der Waals surface area contributed by atoms with Crippen molar-refractivity contribution in [3.8, 4) is 0 Å². The van der Waals surface area contributed by atoms with Crippen LogP contribution in [-0.2, 0) is 4.74 Å². The minimum atomic E-state index is -0.605. The van der Waals surface area contributed by atoms with E-state index >= 15 is 0 Å². The van der Waals surface area contributed by atoms with E-state index in [9.17, 15) is 4.79 Å². The predicted molar refractivity (Wildman–Crippen MR) is 39.8 cm³/mol. The SMILES string of the molecule is CCOC(=O)c1nnc(NC)o1. The summed E-state index contributed by atoms with van der Waals surface area (Å²) in [6.07, 6.45) is 0. The number of rotatable bonds is 3. The van der Waals surface area contributed by atoms with Crippen molar-refractivity contribution in [3.63, 3.8) is 0 Å². The average Bonchev–Trinajstić information content (AvgIpc) is 2.52. The van der Waals surface area contributed by atoms with Gasteiger partial charge in [-0.2, -0.15) is 0 Å². The van der Waals surface area contributed by atoms with Crippen LogP contribution < -0.4 is 5.32 Å². The summed E-state index contributed by atoms with van der Waals surface area (Å²) in [7, 11) is 1.61. The summed E-state index contributed by atoms with van der Waals surface area (Å²) >= 11 is 0. The molecule has 0 amide bonds. The van der Waals surface area contributed by atoms with Crippen LogP contribution >= 0.6 is 0 Å². The molecule has 1 aromatic rings. The molecule has 0 spiro atoms. The highest BCUT2D eigenvalue weighted by molar-refractivity contribution is 5.84. The first kappa shape index (κ1) is 8.51. The Morgan fingerprint density at radius 2 is 2.42 bits per heavy atom. The van der Waals surface area contributed by atoms with Gasteiger partial charge in [0, 0.05) is 7.05 Å². The van der Waals surface area contributed by atoms with E-state index in [1.54, 1.807) is 14.0 Å². The smallest absolute Gasteiger partial charge is 0.396 e. The highest BCUT2D eigenvalue weighted by atomic mass is 16.5. The zero-order chi connectivity index (χ0) is 8.97. The van der Waals surface area contributed by atoms with Crippen molar-refractivity contribution in [2.75, 3.05) is 19.0 Å². The zero-order valence-corrected chi connectivity index (χ0v) is 6.83. The van der Waals surface area contributed by atoms with Crippen LogP contribution in [0.4, 0.5) is 6.01 Å². The van der Waals surface area contributed by atoms with Crippen LogP contribution in [0.5, 0.6) is 0 Å². The molecule has 0 saturated heterocycles. The lowest BCUT2D eigenvalue weighted by Gasteiger charge is -1.93. The van der Waals surface area contributed by atoms with Gasteiger partial charge in [-0.3, -0.25) is 0 Å². The first-order valence-electron chi connectivity index (χ1n) is 3.46. The topological polar surface area (TPSA) is 77.2 Å². The Morgan fingerprint density at radius 3 is 2.92 bits per heavy atom. The summed E-state index contributed by atoms with van der Waals surface area (Å²) in [5.41, 5.74) is 0. The third-order valence-electron chi connectivity index (χ3n) is 1.09. The first-order chi connectivity index (χ1) is 5.77. The van der Waals surface area contributed by atoms with Gasteiger partial charge in [-0.15, -0.1) is 0 Å². The number of carbonyl (C=O) groups excluding carboxylic acids is 1. The van der Waals surface area contributed by atoms with E-state index in [-0.39, 0.29) is 18.5 Å². The first-order valence-corrected chi connectivity index (χ1v) is 3.46. The molecule has 0 unspecified atom stereocenters. The molecule has 66 valence electrons. The molecule has 0 radical (unpaired) electrons. The fourth-order valence-electron chi connectivity index (χ4n) is 0.600. The van der Waals surface area contributed by atoms with Gasteiger partial charge < -0.3 is 14.5 Å². The van der Waals surface area contributed by atoms with Crippen molar-refractivity contribution in [1.82, 2.24) is 10.2 Å². The van der Waals surface area contributed by atoms with Gasteiger partial charge in [-0.05, 0) is 6.92 Å². The summed E-state index contributed by atoms with van der Waals surface area (Å²) < 4.78 is 9.46. The number of esters is 1. The second-order valence-electron chi connectivity index (χ2n) is 1.88. The van der Waals surface area contributed by atoms with Crippen molar-refractivity contribution in [2.45, 2.75) is 6.92 Å². The van der Waals surface area contributed by atoms with Gasteiger partial charge >= 0.3 is 17.9 Å². The zero-order valence-electron chi connectivity index (χ0n) is 6.83. The monoisotopic (exact) mass is 171 g/mol. The van der Waals surface area contributed by atoms with Gasteiger partial charge in [0.25, 0.3) is 0 Å². The summed E-state index contributed by atoms with van der Waals surface area (Å²) in [6.45, 7) is 1.99. The van der Waals surface area contributed by atoms with E-state index < -0.39 is 5.97 Å².